The molecule has 1 unspecified atom stereocenters. The number of benzene rings is 1. The van der Waals surface area contributed by atoms with Gasteiger partial charge in [0.25, 0.3) is 0 Å². The van der Waals surface area contributed by atoms with Crippen molar-refractivity contribution in [3.63, 3.8) is 0 Å². The Morgan fingerprint density at radius 1 is 1.22 bits per heavy atom. The van der Waals surface area contributed by atoms with E-state index in [0.717, 1.165) is 0 Å². The predicted molar refractivity (Wildman–Crippen MR) is 63.8 cm³/mol. The second-order valence-corrected chi connectivity index (χ2v) is 4.04. The van der Waals surface area contributed by atoms with Crippen molar-refractivity contribution < 1.29 is 8.78 Å². The Morgan fingerprint density at radius 3 is 2.50 bits per heavy atom. The molecule has 0 spiro atoms. The second kappa shape index (κ2) is 5.18. The molecule has 2 aromatic rings. The summed E-state index contributed by atoms with van der Waals surface area (Å²) in [5.74, 6) is -0.593. The fraction of sp³-hybridized carbons (Fsp3) is 0.231. The van der Waals surface area contributed by atoms with Gasteiger partial charge in [-0.3, -0.25) is 0 Å². The quantitative estimate of drug-likeness (QED) is 0.908. The van der Waals surface area contributed by atoms with Gasteiger partial charge in [0.1, 0.15) is 17.5 Å². The molecule has 0 saturated heterocycles. The average molecular weight is 249 g/mol. The molecule has 0 aliphatic heterocycles. The van der Waals surface area contributed by atoms with Crippen LogP contribution in [0.15, 0.2) is 30.5 Å². The number of hydrogen-bond donors (Lipinski definition) is 1. The number of nitrogens with two attached hydrogens (primary N) is 1. The maximum absolute atomic E-state index is 13.5. The van der Waals surface area contributed by atoms with Crippen LogP contribution in [-0.4, -0.2) is 9.97 Å². The minimum absolute atomic E-state index is 0.0127. The van der Waals surface area contributed by atoms with E-state index in [0.29, 0.717) is 11.5 Å². The maximum Gasteiger partial charge on any atom is 0.129 e. The fourth-order valence-electron chi connectivity index (χ4n) is 1.73. The lowest BCUT2D eigenvalue weighted by Crippen LogP contribution is -2.17. The number of halogens is 2. The number of aryl methyl sites for hydroxylation is 1. The van der Waals surface area contributed by atoms with Crippen molar-refractivity contribution in [3.8, 4) is 0 Å². The SMILES string of the molecule is Cc1nccc(C(N)Cc2c(F)cccc2F)n1. The van der Waals surface area contributed by atoms with Crippen molar-refractivity contribution in [1.82, 2.24) is 9.97 Å². The van der Waals surface area contributed by atoms with Crippen molar-refractivity contribution in [3.05, 3.63) is 59.2 Å². The molecule has 1 aromatic heterocycles. The number of aromatic nitrogens is 2. The van der Waals surface area contributed by atoms with Crippen LogP contribution >= 0.6 is 0 Å². The van der Waals surface area contributed by atoms with Gasteiger partial charge in [-0.15, -0.1) is 0 Å². The van der Waals surface area contributed by atoms with E-state index in [2.05, 4.69) is 9.97 Å². The summed E-state index contributed by atoms with van der Waals surface area (Å²) < 4.78 is 27.0. The van der Waals surface area contributed by atoms with E-state index < -0.39 is 17.7 Å². The summed E-state index contributed by atoms with van der Waals surface area (Å²) in [6.07, 6.45) is 1.64. The highest BCUT2D eigenvalue weighted by Crippen LogP contribution is 2.19. The normalized spacial score (nSPS) is 12.4. The van der Waals surface area contributed by atoms with Crippen LogP contribution in [0.1, 0.15) is 23.1 Å². The molecule has 0 radical (unpaired) electrons. The monoisotopic (exact) mass is 249 g/mol. The zero-order valence-corrected chi connectivity index (χ0v) is 9.90. The van der Waals surface area contributed by atoms with E-state index >= 15 is 0 Å². The lowest BCUT2D eigenvalue weighted by atomic mass is 10.0. The molecule has 94 valence electrons. The molecule has 0 bridgehead atoms. The molecule has 0 aliphatic rings. The molecule has 0 saturated carbocycles. The van der Waals surface area contributed by atoms with Gasteiger partial charge in [0.05, 0.1) is 11.7 Å². The van der Waals surface area contributed by atoms with E-state index in [1.807, 2.05) is 0 Å². The van der Waals surface area contributed by atoms with Crippen LogP contribution in [0.25, 0.3) is 0 Å². The molecule has 0 amide bonds. The molecule has 5 heteroatoms. The van der Waals surface area contributed by atoms with Gasteiger partial charge in [0.2, 0.25) is 0 Å². The lowest BCUT2D eigenvalue weighted by Gasteiger charge is -2.12. The summed E-state index contributed by atoms with van der Waals surface area (Å²) in [7, 11) is 0. The highest BCUT2D eigenvalue weighted by atomic mass is 19.1. The minimum Gasteiger partial charge on any atom is -0.322 e. The molecule has 1 aromatic carbocycles. The number of nitrogens with zero attached hydrogens (tertiary/aromatic N) is 2. The Balaban J connectivity index is 2.24. The van der Waals surface area contributed by atoms with E-state index in [1.54, 1.807) is 19.2 Å². The molecule has 18 heavy (non-hydrogen) atoms. The summed E-state index contributed by atoms with van der Waals surface area (Å²) in [5.41, 5.74) is 6.47. The zero-order valence-electron chi connectivity index (χ0n) is 9.90. The second-order valence-electron chi connectivity index (χ2n) is 4.04. The van der Waals surface area contributed by atoms with Crippen LogP contribution in [0.2, 0.25) is 0 Å². The van der Waals surface area contributed by atoms with Gasteiger partial charge >= 0.3 is 0 Å². The number of rotatable bonds is 3. The molecule has 1 heterocycles. The topological polar surface area (TPSA) is 51.8 Å². The van der Waals surface area contributed by atoms with Crippen LogP contribution in [0, 0.1) is 18.6 Å². The lowest BCUT2D eigenvalue weighted by molar-refractivity contribution is 0.537. The molecule has 0 fully saturated rings. The zero-order chi connectivity index (χ0) is 13.1. The Kier molecular flexibility index (Phi) is 3.62. The summed E-state index contributed by atoms with van der Waals surface area (Å²) in [6.45, 7) is 1.74. The van der Waals surface area contributed by atoms with Crippen LogP contribution in [-0.2, 0) is 6.42 Å². The van der Waals surface area contributed by atoms with Crippen molar-refractivity contribution in [1.29, 1.82) is 0 Å². The minimum atomic E-state index is -0.587. The first-order valence-electron chi connectivity index (χ1n) is 5.56. The van der Waals surface area contributed by atoms with Gasteiger partial charge in [-0.05, 0) is 31.5 Å². The molecule has 1 atom stereocenters. The summed E-state index contributed by atoms with van der Waals surface area (Å²) in [5, 5.41) is 0. The van der Waals surface area contributed by atoms with Crippen LogP contribution in [0.5, 0.6) is 0 Å². The Hall–Kier alpha value is -1.88. The maximum atomic E-state index is 13.5. The van der Waals surface area contributed by atoms with Gasteiger partial charge in [-0.25, -0.2) is 18.7 Å². The van der Waals surface area contributed by atoms with Gasteiger partial charge in [0, 0.05) is 11.8 Å². The highest BCUT2D eigenvalue weighted by Gasteiger charge is 2.15. The van der Waals surface area contributed by atoms with Crippen LogP contribution in [0.4, 0.5) is 8.78 Å². The highest BCUT2D eigenvalue weighted by molar-refractivity contribution is 5.22. The molecule has 2 rings (SSSR count). The van der Waals surface area contributed by atoms with Crippen LogP contribution < -0.4 is 5.73 Å². The first-order chi connectivity index (χ1) is 8.58. The third-order valence-corrected chi connectivity index (χ3v) is 2.66. The van der Waals surface area contributed by atoms with Crippen molar-refractivity contribution >= 4 is 0 Å². The van der Waals surface area contributed by atoms with Crippen molar-refractivity contribution in [2.75, 3.05) is 0 Å². The first kappa shape index (κ1) is 12.6. The van der Waals surface area contributed by atoms with Crippen LogP contribution in [0.3, 0.4) is 0 Å². The largest absolute Gasteiger partial charge is 0.322 e. The van der Waals surface area contributed by atoms with Gasteiger partial charge in [-0.2, -0.15) is 0 Å². The fourth-order valence-corrected chi connectivity index (χ4v) is 1.73. The van der Waals surface area contributed by atoms with E-state index in [4.69, 9.17) is 5.73 Å². The summed E-state index contributed by atoms with van der Waals surface area (Å²) in [4.78, 5) is 8.10. The van der Waals surface area contributed by atoms with E-state index in [-0.39, 0.29) is 12.0 Å². The van der Waals surface area contributed by atoms with E-state index in [1.165, 1.54) is 18.2 Å². The molecular formula is C13H13F2N3. The Bertz CT molecular complexity index is 537. The molecule has 0 aliphatic carbocycles. The third kappa shape index (κ3) is 2.68. The first-order valence-corrected chi connectivity index (χ1v) is 5.56. The van der Waals surface area contributed by atoms with Crippen molar-refractivity contribution in [2.45, 2.75) is 19.4 Å². The summed E-state index contributed by atoms with van der Waals surface area (Å²) in [6, 6.07) is 4.86. The van der Waals surface area contributed by atoms with Gasteiger partial charge in [-0.1, -0.05) is 6.07 Å². The molecular weight excluding hydrogens is 236 g/mol. The molecule has 3 nitrogen and oxygen atoms in total. The van der Waals surface area contributed by atoms with Crippen molar-refractivity contribution in [2.24, 2.45) is 5.73 Å². The Morgan fingerprint density at radius 2 is 1.89 bits per heavy atom. The van der Waals surface area contributed by atoms with Gasteiger partial charge in [0.15, 0.2) is 0 Å². The average Bonchev–Trinajstić information content (AvgIpc) is 2.34. The smallest absolute Gasteiger partial charge is 0.129 e. The standard InChI is InChI=1S/C13H13F2N3/c1-8-17-6-5-13(18-8)12(16)7-9-10(14)3-2-4-11(9)15/h2-6,12H,7,16H2,1H3. The Labute approximate surface area is 104 Å². The van der Waals surface area contributed by atoms with E-state index in [9.17, 15) is 8.78 Å². The van der Waals surface area contributed by atoms with Gasteiger partial charge < -0.3 is 5.73 Å². The number of hydrogen-bond acceptors (Lipinski definition) is 3. The predicted octanol–water partition coefficient (Wildman–Crippen LogP) is 2.31. The third-order valence-electron chi connectivity index (χ3n) is 2.66. The molecule has 2 N–H and O–H groups in total. The summed E-state index contributed by atoms with van der Waals surface area (Å²) >= 11 is 0.